The lowest BCUT2D eigenvalue weighted by Gasteiger charge is -2.43. The van der Waals surface area contributed by atoms with E-state index in [-0.39, 0.29) is 28.8 Å². The average molecular weight is 427 g/mol. The molecule has 0 N–H and O–H groups in total. The number of halogens is 1. The molecule has 1 saturated carbocycles. The van der Waals surface area contributed by atoms with Crippen LogP contribution in [0.4, 0.5) is 0 Å². The molecule has 4 rings (SSSR count). The van der Waals surface area contributed by atoms with E-state index in [0.29, 0.717) is 44.2 Å². The third-order valence-electron chi connectivity index (χ3n) is 6.03. The summed E-state index contributed by atoms with van der Waals surface area (Å²) in [6, 6.07) is 6.65. The molecule has 3 fully saturated rings. The van der Waals surface area contributed by atoms with Crippen molar-refractivity contribution in [1.82, 2.24) is 9.21 Å². The van der Waals surface area contributed by atoms with Crippen LogP contribution in [-0.2, 0) is 19.6 Å². The minimum Gasteiger partial charge on any atom is -0.381 e. The number of hydrogen-bond acceptors (Lipinski definition) is 4. The summed E-state index contributed by atoms with van der Waals surface area (Å²) in [5, 5.41) is 0.517. The molecule has 0 unspecified atom stereocenters. The first kappa shape index (κ1) is 20.1. The fourth-order valence-electron chi connectivity index (χ4n) is 4.28. The Hall–Kier alpha value is -1.15. The van der Waals surface area contributed by atoms with Gasteiger partial charge in [0.05, 0.1) is 4.90 Å². The van der Waals surface area contributed by atoms with Crippen molar-refractivity contribution in [3.05, 3.63) is 29.3 Å². The van der Waals surface area contributed by atoms with Crippen LogP contribution >= 0.6 is 11.6 Å². The summed E-state index contributed by atoms with van der Waals surface area (Å²) in [5.41, 5.74) is 0. The van der Waals surface area contributed by atoms with Crippen LogP contribution in [-0.4, -0.2) is 61.9 Å². The zero-order valence-corrected chi connectivity index (χ0v) is 17.5. The van der Waals surface area contributed by atoms with Crippen LogP contribution < -0.4 is 0 Å². The van der Waals surface area contributed by atoms with Crippen molar-refractivity contribution < 1.29 is 17.9 Å². The summed E-state index contributed by atoms with van der Waals surface area (Å²) in [6.45, 7) is 2.27. The van der Waals surface area contributed by atoms with E-state index in [1.807, 2.05) is 0 Å². The molecule has 0 aromatic heterocycles. The van der Waals surface area contributed by atoms with Gasteiger partial charge in [-0.25, -0.2) is 8.42 Å². The van der Waals surface area contributed by atoms with Crippen LogP contribution in [0.5, 0.6) is 0 Å². The lowest BCUT2D eigenvalue weighted by molar-refractivity contribution is -0.141. The van der Waals surface area contributed by atoms with E-state index in [1.165, 1.54) is 4.31 Å². The van der Waals surface area contributed by atoms with Gasteiger partial charge in [0, 0.05) is 49.3 Å². The molecule has 28 heavy (non-hydrogen) atoms. The van der Waals surface area contributed by atoms with Crippen molar-refractivity contribution in [2.45, 2.75) is 55.5 Å². The SMILES string of the molecule is O=C(C1CC1)N(C1CCOCC1)C1CCN(S(=O)(=O)c2ccc(Cl)cc2)CC1. The zero-order valence-electron chi connectivity index (χ0n) is 15.9. The molecule has 6 nitrogen and oxygen atoms in total. The molecular weight excluding hydrogens is 400 g/mol. The molecule has 0 bridgehead atoms. The number of carbonyl (C=O) groups excluding carboxylic acids is 1. The number of nitrogens with zero attached hydrogens (tertiary/aromatic N) is 2. The van der Waals surface area contributed by atoms with Crippen molar-refractivity contribution in [3.8, 4) is 0 Å². The molecule has 2 heterocycles. The highest BCUT2D eigenvalue weighted by Crippen LogP contribution is 2.35. The molecule has 1 amide bonds. The Balaban J connectivity index is 1.45. The van der Waals surface area contributed by atoms with E-state index in [1.54, 1.807) is 24.3 Å². The van der Waals surface area contributed by atoms with E-state index in [9.17, 15) is 13.2 Å². The van der Waals surface area contributed by atoms with Gasteiger partial charge in [-0.15, -0.1) is 0 Å². The second-order valence-electron chi connectivity index (χ2n) is 7.95. The molecule has 0 spiro atoms. The zero-order chi connectivity index (χ0) is 19.7. The fourth-order valence-corrected chi connectivity index (χ4v) is 5.87. The van der Waals surface area contributed by atoms with E-state index < -0.39 is 10.0 Å². The van der Waals surface area contributed by atoms with Crippen LogP contribution in [0.15, 0.2) is 29.2 Å². The predicted octanol–water partition coefficient (Wildman–Crippen LogP) is 2.91. The van der Waals surface area contributed by atoms with Crippen LogP contribution in [0.2, 0.25) is 5.02 Å². The molecule has 1 aliphatic carbocycles. The van der Waals surface area contributed by atoms with E-state index in [2.05, 4.69) is 4.90 Å². The molecule has 1 aromatic carbocycles. The minimum absolute atomic E-state index is 0.118. The number of sulfonamides is 1. The van der Waals surface area contributed by atoms with Crippen molar-refractivity contribution in [2.75, 3.05) is 26.3 Å². The Morgan fingerprint density at radius 2 is 1.54 bits per heavy atom. The molecule has 154 valence electrons. The fraction of sp³-hybridized carbons (Fsp3) is 0.650. The number of rotatable bonds is 5. The lowest BCUT2D eigenvalue weighted by Crippen LogP contribution is -2.54. The molecule has 0 atom stereocenters. The highest BCUT2D eigenvalue weighted by Gasteiger charge is 2.41. The van der Waals surface area contributed by atoms with Gasteiger partial charge in [-0.05, 0) is 62.8 Å². The Labute approximate surface area is 171 Å². The summed E-state index contributed by atoms with van der Waals surface area (Å²) >= 11 is 5.88. The van der Waals surface area contributed by atoms with Gasteiger partial charge in [-0.1, -0.05) is 11.6 Å². The number of benzene rings is 1. The van der Waals surface area contributed by atoms with Crippen molar-refractivity contribution in [3.63, 3.8) is 0 Å². The lowest BCUT2D eigenvalue weighted by atomic mass is 9.98. The number of ether oxygens (including phenoxy) is 1. The summed E-state index contributed by atoms with van der Waals surface area (Å²) in [5.74, 6) is 0.449. The maximum absolute atomic E-state index is 13.0. The van der Waals surface area contributed by atoms with Gasteiger partial charge in [-0.2, -0.15) is 4.31 Å². The highest BCUT2D eigenvalue weighted by molar-refractivity contribution is 7.89. The molecule has 2 aliphatic heterocycles. The summed E-state index contributed by atoms with van der Waals surface area (Å²) in [7, 11) is -3.53. The van der Waals surface area contributed by atoms with Crippen LogP contribution in [0.3, 0.4) is 0 Å². The molecular formula is C20H27ClN2O4S. The molecule has 0 radical (unpaired) electrons. The topological polar surface area (TPSA) is 66.9 Å². The van der Waals surface area contributed by atoms with Crippen molar-refractivity contribution >= 4 is 27.5 Å². The smallest absolute Gasteiger partial charge is 0.243 e. The maximum atomic E-state index is 13.0. The average Bonchev–Trinajstić information content (AvgIpc) is 3.55. The van der Waals surface area contributed by atoms with Gasteiger partial charge in [0.15, 0.2) is 0 Å². The Morgan fingerprint density at radius 3 is 2.11 bits per heavy atom. The highest BCUT2D eigenvalue weighted by atomic mass is 35.5. The first-order valence-corrected chi connectivity index (χ1v) is 11.9. The first-order chi connectivity index (χ1) is 13.5. The Kier molecular flexibility index (Phi) is 5.97. The molecule has 3 aliphatic rings. The first-order valence-electron chi connectivity index (χ1n) is 10.1. The number of piperidine rings is 1. The number of hydrogen-bond donors (Lipinski definition) is 0. The van der Waals surface area contributed by atoms with Gasteiger partial charge in [0.25, 0.3) is 0 Å². The largest absolute Gasteiger partial charge is 0.381 e. The standard InChI is InChI=1S/C20H27ClN2O4S/c21-16-3-5-19(6-4-16)28(25,26)22-11-7-17(8-12-22)23(20(24)15-1-2-15)18-9-13-27-14-10-18/h3-6,15,17-18H,1-2,7-14H2. The van der Waals surface area contributed by atoms with Crippen LogP contribution in [0.1, 0.15) is 38.5 Å². The summed E-state index contributed by atoms with van der Waals surface area (Å²) < 4.78 is 32.8. The third kappa shape index (κ3) is 4.22. The quantitative estimate of drug-likeness (QED) is 0.726. The molecule has 2 saturated heterocycles. The van der Waals surface area contributed by atoms with Gasteiger partial charge in [0.2, 0.25) is 15.9 Å². The van der Waals surface area contributed by atoms with Gasteiger partial charge in [0.1, 0.15) is 0 Å². The second-order valence-corrected chi connectivity index (χ2v) is 10.3. The molecule has 1 aromatic rings. The van der Waals surface area contributed by atoms with E-state index in [4.69, 9.17) is 16.3 Å². The van der Waals surface area contributed by atoms with Gasteiger partial charge < -0.3 is 9.64 Å². The maximum Gasteiger partial charge on any atom is 0.243 e. The van der Waals surface area contributed by atoms with Gasteiger partial charge >= 0.3 is 0 Å². The van der Waals surface area contributed by atoms with Crippen LogP contribution in [0, 0.1) is 5.92 Å². The predicted molar refractivity (Wildman–Crippen MR) is 107 cm³/mol. The third-order valence-corrected chi connectivity index (χ3v) is 8.20. The normalized spacial score (nSPS) is 22.9. The van der Waals surface area contributed by atoms with E-state index >= 15 is 0 Å². The minimum atomic E-state index is -3.53. The number of carbonyl (C=O) groups is 1. The Morgan fingerprint density at radius 1 is 0.964 bits per heavy atom. The monoisotopic (exact) mass is 426 g/mol. The van der Waals surface area contributed by atoms with Crippen LogP contribution in [0.25, 0.3) is 0 Å². The second kappa shape index (κ2) is 8.30. The Bertz CT molecular complexity index is 796. The van der Waals surface area contributed by atoms with Gasteiger partial charge in [-0.3, -0.25) is 4.79 Å². The summed E-state index contributed by atoms with van der Waals surface area (Å²) in [4.78, 5) is 15.3. The number of amides is 1. The van der Waals surface area contributed by atoms with Crippen molar-refractivity contribution in [2.24, 2.45) is 5.92 Å². The molecule has 8 heteroatoms. The van der Waals surface area contributed by atoms with Crippen molar-refractivity contribution in [1.29, 1.82) is 0 Å². The van der Waals surface area contributed by atoms with E-state index in [0.717, 1.165) is 25.7 Å². The summed E-state index contributed by atoms with van der Waals surface area (Å²) in [6.07, 6.45) is 5.10.